The van der Waals surface area contributed by atoms with Crippen LogP contribution in [0.3, 0.4) is 0 Å². The second-order valence-electron chi connectivity index (χ2n) is 2.87. The molecule has 2 amide bonds. The van der Waals surface area contributed by atoms with E-state index in [0.29, 0.717) is 0 Å². The van der Waals surface area contributed by atoms with Gasteiger partial charge >= 0.3 is 12.0 Å². The number of hydrazine groups is 2. The Labute approximate surface area is 92.5 Å². The fourth-order valence-electron chi connectivity index (χ4n) is 0.922. The summed E-state index contributed by atoms with van der Waals surface area (Å²) in [6, 6.07) is -0.524. The molecule has 1 rings (SSSR count). The first kappa shape index (κ1) is 14.6. The van der Waals surface area contributed by atoms with Gasteiger partial charge in [0, 0.05) is 13.1 Å². The second-order valence-corrected chi connectivity index (χ2v) is 2.87. The molecule has 0 aliphatic carbocycles. The third-order valence-corrected chi connectivity index (χ3v) is 1.49. The smallest absolute Gasteiger partial charge is 0.327 e. The number of carbonyl (C=O) groups excluding carboxylic acids is 1. The Kier molecular flexibility index (Phi) is 8.07. The lowest BCUT2D eigenvalue weighted by molar-refractivity contribution is -0.136. The maximum atomic E-state index is 10.2. The van der Waals surface area contributed by atoms with E-state index in [9.17, 15) is 9.59 Å². The number of aliphatic hydroxyl groups is 1. The second kappa shape index (κ2) is 8.85. The number of aliphatic carboxylic acids is 1. The molecule has 0 aromatic rings. The van der Waals surface area contributed by atoms with Crippen LogP contribution in [-0.4, -0.2) is 53.7 Å². The van der Waals surface area contributed by atoms with E-state index in [1.54, 1.807) is 5.12 Å². The van der Waals surface area contributed by atoms with E-state index >= 15 is 0 Å². The highest BCUT2D eigenvalue weighted by Crippen LogP contribution is 1.89. The van der Waals surface area contributed by atoms with Gasteiger partial charge in [0.2, 0.25) is 0 Å². The maximum absolute atomic E-state index is 10.2. The topological polar surface area (TPSA) is 140 Å². The molecule has 1 aliphatic rings. The minimum Gasteiger partial charge on any atom is -0.480 e. The van der Waals surface area contributed by atoms with Gasteiger partial charge in [-0.2, -0.15) is 5.12 Å². The van der Waals surface area contributed by atoms with Crippen LogP contribution < -0.4 is 21.9 Å². The molecular formula is C7H17N5O4. The number of nitrogens with two attached hydrogens (primary N) is 1. The third-order valence-electron chi connectivity index (χ3n) is 1.49. The van der Waals surface area contributed by atoms with Gasteiger partial charge in [-0.25, -0.2) is 10.2 Å². The standard InChI is InChI=1S/C4H10N4O.C3H7NO3/c5-4(9)7-8-3-1-2-6-8;5-2-4-1-3(6)7/h6H,1-3H2,(H3,5,7,9);4-5H,1-2H2,(H,6,7). The van der Waals surface area contributed by atoms with Crippen molar-refractivity contribution in [1.82, 2.24) is 21.3 Å². The summed E-state index contributed by atoms with van der Waals surface area (Å²) in [6.45, 7) is 1.26. The molecular weight excluding hydrogens is 218 g/mol. The van der Waals surface area contributed by atoms with E-state index < -0.39 is 12.0 Å². The molecule has 7 N–H and O–H groups in total. The summed E-state index contributed by atoms with van der Waals surface area (Å²) in [5.41, 5.74) is 10.2. The number of amides is 2. The number of primary amides is 1. The normalized spacial score (nSPS) is 15.1. The lowest BCUT2D eigenvalue weighted by atomic mass is 10.5. The molecule has 16 heavy (non-hydrogen) atoms. The van der Waals surface area contributed by atoms with E-state index in [4.69, 9.17) is 15.9 Å². The minimum absolute atomic E-state index is 0.184. The SMILES string of the molecule is NC(=O)NN1CCCN1.O=C(O)CNCO. The molecule has 9 heteroatoms. The number of carbonyl (C=O) groups is 2. The fourth-order valence-corrected chi connectivity index (χ4v) is 0.922. The predicted octanol–water partition coefficient (Wildman–Crippen LogP) is -2.61. The van der Waals surface area contributed by atoms with Crippen molar-refractivity contribution in [2.75, 3.05) is 26.4 Å². The molecule has 1 saturated heterocycles. The minimum atomic E-state index is -0.964. The van der Waals surface area contributed by atoms with E-state index in [2.05, 4.69) is 16.2 Å². The van der Waals surface area contributed by atoms with Gasteiger partial charge in [-0.05, 0) is 6.42 Å². The molecule has 0 aromatic carbocycles. The Balaban J connectivity index is 0.000000293. The first-order chi connectivity index (χ1) is 7.56. The number of aliphatic hydroxyl groups excluding tert-OH is 1. The number of hydrogen-bond donors (Lipinski definition) is 6. The summed E-state index contributed by atoms with van der Waals surface area (Å²) in [7, 11) is 0. The average molecular weight is 235 g/mol. The van der Waals surface area contributed by atoms with Crippen molar-refractivity contribution in [2.24, 2.45) is 5.73 Å². The quantitative estimate of drug-likeness (QED) is 0.293. The van der Waals surface area contributed by atoms with Crippen LogP contribution in [0.25, 0.3) is 0 Å². The summed E-state index contributed by atoms with van der Waals surface area (Å²) < 4.78 is 0. The van der Waals surface area contributed by atoms with Gasteiger partial charge in [-0.3, -0.25) is 15.5 Å². The molecule has 94 valence electrons. The molecule has 0 bridgehead atoms. The van der Waals surface area contributed by atoms with Crippen LogP contribution in [0.15, 0.2) is 0 Å². The molecule has 0 aromatic heterocycles. The highest BCUT2D eigenvalue weighted by molar-refractivity contribution is 5.70. The molecule has 0 saturated carbocycles. The summed E-state index contributed by atoms with van der Waals surface area (Å²) in [6.07, 6.45) is 1.04. The van der Waals surface area contributed by atoms with Crippen molar-refractivity contribution < 1.29 is 19.8 Å². The molecule has 0 spiro atoms. The van der Waals surface area contributed by atoms with Crippen molar-refractivity contribution in [3.05, 3.63) is 0 Å². The summed E-state index contributed by atoms with van der Waals surface area (Å²) in [4.78, 5) is 19.8. The lowest BCUT2D eigenvalue weighted by Gasteiger charge is -2.13. The molecule has 0 radical (unpaired) electrons. The van der Waals surface area contributed by atoms with E-state index in [0.717, 1.165) is 19.5 Å². The van der Waals surface area contributed by atoms with Crippen molar-refractivity contribution in [3.63, 3.8) is 0 Å². The Morgan fingerprint density at radius 1 is 1.50 bits per heavy atom. The summed E-state index contributed by atoms with van der Waals surface area (Å²) >= 11 is 0. The Morgan fingerprint density at radius 2 is 2.19 bits per heavy atom. The molecule has 1 heterocycles. The Bertz CT molecular complexity index is 219. The van der Waals surface area contributed by atoms with Crippen LogP contribution in [-0.2, 0) is 4.79 Å². The number of carboxylic acid groups (broad SMARTS) is 1. The number of carboxylic acids is 1. The number of hydrogen-bond acceptors (Lipinski definition) is 6. The zero-order valence-corrected chi connectivity index (χ0v) is 8.77. The Morgan fingerprint density at radius 3 is 2.50 bits per heavy atom. The van der Waals surface area contributed by atoms with Crippen LogP contribution >= 0.6 is 0 Å². The maximum Gasteiger partial charge on any atom is 0.327 e. The van der Waals surface area contributed by atoms with Crippen LogP contribution in [0.1, 0.15) is 6.42 Å². The zero-order valence-electron chi connectivity index (χ0n) is 8.77. The number of rotatable bonds is 4. The van der Waals surface area contributed by atoms with Gasteiger partial charge < -0.3 is 15.9 Å². The van der Waals surface area contributed by atoms with Crippen molar-refractivity contribution >= 4 is 12.0 Å². The van der Waals surface area contributed by atoms with Gasteiger partial charge in [-0.1, -0.05) is 0 Å². The van der Waals surface area contributed by atoms with E-state index in [1.165, 1.54) is 0 Å². The van der Waals surface area contributed by atoms with Gasteiger partial charge in [0.25, 0.3) is 0 Å². The predicted molar refractivity (Wildman–Crippen MR) is 54.8 cm³/mol. The fraction of sp³-hybridized carbons (Fsp3) is 0.714. The lowest BCUT2D eigenvalue weighted by Crippen LogP contribution is -2.48. The number of nitrogens with one attached hydrogen (secondary N) is 3. The Hall–Kier alpha value is -1.42. The molecule has 1 aliphatic heterocycles. The van der Waals surface area contributed by atoms with Gasteiger partial charge in [-0.15, -0.1) is 0 Å². The summed E-state index contributed by atoms with van der Waals surface area (Å²) in [5.74, 6) is -0.964. The van der Waals surface area contributed by atoms with Crippen molar-refractivity contribution in [1.29, 1.82) is 0 Å². The first-order valence-corrected chi connectivity index (χ1v) is 4.66. The van der Waals surface area contributed by atoms with Crippen LogP contribution in [0.2, 0.25) is 0 Å². The average Bonchev–Trinajstić information content (AvgIpc) is 2.67. The number of urea groups is 1. The largest absolute Gasteiger partial charge is 0.480 e. The first-order valence-electron chi connectivity index (χ1n) is 4.66. The van der Waals surface area contributed by atoms with Gasteiger partial charge in [0.05, 0.1) is 13.3 Å². The highest BCUT2D eigenvalue weighted by atomic mass is 16.4. The van der Waals surface area contributed by atoms with Crippen LogP contribution in [0.4, 0.5) is 4.79 Å². The molecule has 0 atom stereocenters. The summed E-state index contributed by atoms with van der Waals surface area (Å²) in [5, 5.41) is 19.6. The van der Waals surface area contributed by atoms with Crippen LogP contribution in [0.5, 0.6) is 0 Å². The third kappa shape index (κ3) is 9.15. The van der Waals surface area contributed by atoms with E-state index in [-0.39, 0.29) is 13.3 Å². The molecule has 1 fully saturated rings. The highest BCUT2D eigenvalue weighted by Gasteiger charge is 2.10. The molecule has 0 unspecified atom stereocenters. The van der Waals surface area contributed by atoms with Crippen molar-refractivity contribution in [3.8, 4) is 0 Å². The van der Waals surface area contributed by atoms with Crippen molar-refractivity contribution in [2.45, 2.75) is 6.42 Å². The van der Waals surface area contributed by atoms with E-state index in [1.807, 2.05) is 0 Å². The van der Waals surface area contributed by atoms with Gasteiger partial charge in [0.1, 0.15) is 0 Å². The van der Waals surface area contributed by atoms with Crippen LogP contribution in [0, 0.1) is 0 Å². The monoisotopic (exact) mass is 235 g/mol. The number of nitrogens with zero attached hydrogens (tertiary/aromatic N) is 1. The van der Waals surface area contributed by atoms with Gasteiger partial charge in [0.15, 0.2) is 0 Å². The molecule has 9 nitrogen and oxygen atoms in total. The zero-order chi connectivity index (χ0) is 12.4.